The van der Waals surface area contributed by atoms with Crippen LogP contribution in [0.25, 0.3) is 0 Å². The first-order valence-electron chi connectivity index (χ1n) is 10.4. The van der Waals surface area contributed by atoms with Crippen LogP contribution < -0.4 is 0 Å². The molecule has 0 spiro atoms. The molecule has 0 radical (unpaired) electrons. The van der Waals surface area contributed by atoms with Crippen molar-refractivity contribution in [3.8, 4) is 0 Å². The maximum atomic E-state index is 2.40. The average molecular weight is 317 g/mol. The van der Waals surface area contributed by atoms with Gasteiger partial charge >= 0.3 is 0 Å². The Kier molecular flexibility index (Phi) is 12.0. The number of hydrogen-bond acceptors (Lipinski definition) is 0. The Balaban J connectivity index is 2.46. The minimum atomic E-state index is 1.19. The Morgan fingerprint density at radius 1 is 0.565 bits per heavy atom. The third-order valence-electron chi connectivity index (χ3n) is 5.08. The molecule has 0 heteroatoms. The van der Waals surface area contributed by atoms with Crippen molar-refractivity contribution in [3.63, 3.8) is 0 Å². The van der Waals surface area contributed by atoms with Gasteiger partial charge in [-0.25, -0.2) is 0 Å². The van der Waals surface area contributed by atoms with Crippen LogP contribution in [0.15, 0.2) is 18.2 Å². The molecule has 0 saturated heterocycles. The van der Waals surface area contributed by atoms with Crippen LogP contribution in [0.4, 0.5) is 0 Å². The van der Waals surface area contributed by atoms with Gasteiger partial charge in [-0.3, -0.25) is 0 Å². The van der Waals surface area contributed by atoms with E-state index in [4.69, 9.17) is 0 Å². The SMILES string of the molecule is CCCCCCCCc1cccc(CC)c1CCCCCCC. The van der Waals surface area contributed by atoms with E-state index in [2.05, 4.69) is 39.0 Å². The normalized spacial score (nSPS) is 11.1. The molecule has 0 amide bonds. The van der Waals surface area contributed by atoms with Gasteiger partial charge in [-0.1, -0.05) is 96.8 Å². The van der Waals surface area contributed by atoms with Gasteiger partial charge in [0.25, 0.3) is 0 Å². The number of aryl methyl sites for hydroxylation is 2. The first-order chi connectivity index (χ1) is 11.3. The average Bonchev–Trinajstić information content (AvgIpc) is 2.58. The van der Waals surface area contributed by atoms with Gasteiger partial charge in [0.1, 0.15) is 0 Å². The Bertz CT molecular complexity index is 391. The molecule has 1 aromatic rings. The molecule has 0 fully saturated rings. The van der Waals surface area contributed by atoms with Crippen LogP contribution in [0.3, 0.4) is 0 Å². The van der Waals surface area contributed by atoms with Gasteiger partial charge in [-0.15, -0.1) is 0 Å². The summed E-state index contributed by atoms with van der Waals surface area (Å²) in [5.41, 5.74) is 4.94. The highest BCUT2D eigenvalue weighted by Crippen LogP contribution is 2.21. The smallest absolute Gasteiger partial charge is 0.0273 e. The molecule has 23 heavy (non-hydrogen) atoms. The minimum Gasteiger partial charge on any atom is -0.0654 e. The van der Waals surface area contributed by atoms with Crippen molar-refractivity contribution in [1.82, 2.24) is 0 Å². The maximum Gasteiger partial charge on any atom is -0.0273 e. The molecule has 0 heterocycles. The van der Waals surface area contributed by atoms with Gasteiger partial charge in [0.05, 0.1) is 0 Å². The fourth-order valence-corrected chi connectivity index (χ4v) is 3.58. The van der Waals surface area contributed by atoms with Crippen molar-refractivity contribution < 1.29 is 0 Å². The number of rotatable bonds is 14. The molecular weight excluding hydrogens is 276 g/mol. The summed E-state index contributed by atoms with van der Waals surface area (Å²) in [5, 5.41) is 0. The lowest BCUT2D eigenvalue weighted by Crippen LogP contribution is -2.00. The molecule has 0 saturated carbocycles. The van der Waals surface area contributed by atoms with Gasteiger partial charge in [0.2, 0.25) is 0 Å². The van der Waals surface area contributed by atoms with E-state index in [-0.39, 0.29) is 0 Å². The summed E-state index contributed by atoms with van der Waals surface area (Å²) in [6.45, 7) is 6.90. The van der Waals surface area contributed by atoms with E-state index < -0.39 is 0 Å². The molecule has 1 rings (SSSR count). The standard InChI is InChI=1S/C23H40/c1-4-7-9-11-13-14-17-22-19-16-18-21(6-3)23(22)20-15-12-10-8-5-2/h16,18-19H,4-15,17,20H2,1-3H3. The summed E-state index contributed by atoms with van der Waals surface area (Å²) >= 11 is 0. The van der Waals surface area contributed by atoms with Crippen LogP contribution in [0.2, 0.25) is 0 Å². The van der Waals surface area contributed by atoms with E-state index >= 15 is 0 Å². The zero-order chi connectivity index (χ0) is 16.8. The van der Waals surface area contributed by atoms with E-state index in [1.807, 2.05) is 0 Å². The van der Waals surface area contributed by atoms with Crippen molar-refractivity contribution in [1.29, 1.82) is 0 Å². The summed E-state index contributed by atoms with van der Waals surface area (Å²) in [5.74, 6) is 0. The van der Waals surface area contributed by atoms with Crippen LogP contribution in [0.1, 0.15) is 108 Å². The third-order valence-corrected chi connectivity index (χ3v) is 5.08. The van der Waals surface area contributed by atoms with Crippen LogP contribution >= 0.6 is 0 Å². The first kappa shape index (κ1) is 20.3. The number of benzene rings is 1. The van der Waals surface area contributed by atoms with Gasteiger partial charge in [0.15, 0.2) is 0 Å². The molecule has 0 N–H and O–H groups in total. The van der Waals surface area contributed by atoms with Crippen molar-refractivity contribution in [2.45, 2.75) is 111 Å². The second-order valence-corrected chi connectivity index (χ2v) is 7.09. The Labute approximate surface area is 146 Å². The fourth-order valence-electron chi connectivity index (χ4n) is 3.58. The largest absolute Gasteiger partial charge is 0.0654 e. The third kappa shape index (κ3) is 8.58. The zero-order valence-corrected chi connectivity index (χ0v) is 16.1. The van der Waals surface area contributed by atoms with Crippen molar-refractivity contribution in [2.24, 2.45) is 0 Å². The van der Waals surface area contributed by atoms with Gasteiger partial charge in [0, 0.05) is 0 Å². The molecule has 1 aromatic carbocycles. The molecular formula is C23H40. The predicted molar refractivity (Wildman–Crippen MR) is 105 cm³/mol. The zero-order valence-electron chi connectivity index (χ0n) is 16.1. The van der Waals surface area contributed by atoms with E-state index in [0.717, 1.165) is 0 Å². The summed E-state index contributed by atoms with van der Waals surface area (Å²) in [7, 11) is 0. The Morgan fingerprint density at radius 3 is 1.70 bits per heavy atom. The molecule has 0 aromatic heterocycles. The van der Waals surface area contributed by atoms with Gasteiger partial charge in [-0.05, 0) is 48.8 Å². The second-order valence-electron chi connectivity index (χ2n) is 7.09. The molecule has 0 unspecified atom stereocenters. The van der Waals surface area contributed by atoms with Crippen molar-refractivity contribution in [2.75, 3.05) is 0 Å². The number of hydrogen-bond donors (Lipinski definition) is 0. The van der Waals surface area contributed by atoms with Crippen LogP contribution in [0, 0.1) is 0 Å². The molecule has 0 bridgehead atoms. The monoisotopic (exact) mass is 316 g/mol. The van der Waals surface area contributed by atoms with E-state index in [1.54, 1.807) is 16.7 Å². The topological polar surface area (TPSA) is 0 Å². The second kappa shape index (κ2) is 13.6. The van der Waals surface area contributed by atoms with Crippen LogP contribution in [0.5, 0.6) is 0 Å². The highest BCUT2D eigenvalue weighted by Gasteiger charge is 2.07. The summed E-state index contributed by atoms with van der Waals surface area (Å²) in [6, 6.07) is 7.03. The summed E-state index contributed by atoms with van der Waals surface area (Å²) in [4.78, 5) is 0. The first-order valence-corrected chi connectivity index (χ1v) is 10.4. The summed E-state index contributed by atoms with van der Waals surface area (Å²) < 4.78 is 0. The molecule has 0 atom stereocenters. The molecule has 0 nitrogen and oxygen atoms in total. The van der Waals surface area contributed by atoms with Crippen LogP contribution in [-0.2, 0) is 19.3 Å². The molecule has 0 aliphatic rings. The lowest BCUT2D eigenvalue weighted by Gasteiger charge is -2.14. The van der Waals surface area contributed by atoms with Gasteiger partial charge in [-0.2, -0.15) is 0 Å². The molecule has 0 aliphatic carbocycles. The Hall–Kier alpha value is -0.780. The Morgan fingerprint density at radius 2 is 1.09 bits per heavy atom. The highest BCUT2D eigenvalue weighted by molar-refractivity contribution is 5.35. The maximum absolute atomic E-state index is 2.40. The lowest BCUT2D eigenvalue weighted by atomic mass is 9.91. The lowest BCUT2D eigenvalue weighted by molar-refractivity contribution is 0.603. The van der Waals surface area contributed by atoms with Gasteiger partial charge < -0.3 is 0 Å². The van der Waals surface area contributed by atoms with E-state index in [0.29, 0.717) is 0 Å². The highest BCUT2D eigenvalue weighted by atomic mass is 14.1. The fraction of sp³-hybridized carbons (Fsp3) is 0.739. The van der Waals surface area contributed by atoms with E-state index in [9.17, 15) is 0 Å². The molecule has 132 valence electrons. The predicted octanol–water partition coefficient (Wildman–Crippen LogP) is 7.66. The van der Waals surface area contributed by atoms with Crippen molar-refractivity contribution in [3.05, 3.63) is 34.9 Å². The van der Waals surface area contributed by atoms with E-state index in [1.165, 1.54) is 89.9 Å². The number of unbranched alkanes of at least 4 members (excludes halogenated alkanes) is 9. The quantitative estimate of drug-likeness (QED) is 0.309. The van der Waals surface area contributed by atoms with Crippen molar-refractivity contribution >= 4 is 0 Å². The van der Waals surface area contributed by atoms with Crippen LogP contribution in [-0.4, -0.2) is 0 Å². The minimum absolute atomic E-state index is 1.19. The molecule has 0 aliphatic heterocycles. The summed E-state index contributed by atoms with van der Waals surface area (Å²) in [6.07, 6.45) is 19.1.